The quantitative estimate of drug-likeness (QED) is 0.533. The summed E-state index contributed by atoms with van der Waals surface area (Å²) in [6.07, 6.45) is -0.0292. The van der Waals surface area contributed by atoms with Crippen LogP contribution in [0.2, 0.25) is 0 Å². The fourth-order valence-electron chi connectivity index (χ4n) is 2.92. The smallest absolute Gasteiger partial charge is 0.352 e. The predicted octanol–water partition coefficient (Wildman–Crippen LogP) is 3.80. The lowest BCUT2D eigenvalue weighted by Crippen LogP contribution is -2.42. The number of nitrogens with one attached hydrogen (secondary N) is 1. The van der Waals surface area contributed by atoms with Crippen LogP contribution in [0.25, 0.3) is 5.69 Å². The molecule has 1 aromatic carbocycles. The molecule has 0 saturated heterocycles. The molecule has 2 aromatic heterocycles. The van der Waals surface area contributed by atoms with Crippen molar-refractivity contribution in [3.63, 3.8) is 0 Å². The highest BCUT2D eigenvalue weighted by molar-refractivity contribution is 9.10. The van der Waals surface area contributed by atoms with Gasteiger partial charge in [0.25, 0.3) is 5.91 Å². The number of halogens is 4. The van der Waals surface area contributed by atoms with Crippen LogP contribution in [0.4, 0.5) is 19.1 Å². The van der Waals surface area contributed by atoms with E-state index in [2.05, 4.69) is 41.4 Å². The SMILES string of the molecule is CCN(C(=O)c1cc(Br)ccc1-n1nccn1)[C@@H](C)CNc1ncc(C(F)(F)F)cn1. The van der Waals surface area contributed by atoms with Crippen molar-refractivity contribution in [1.29, 1.82) is 0 Å². The number of nitrogens with zero attached hydrogens (tertiary/aromatic N) is 6. The van der Waals surface area contributed by atoms with Crippen molar-refractivity contribution in [2.75, 3.05) is 18.4 Å². The number of hydrogen-bond acceptors (Lipinski definition) is 6. The number of likely N-dealkylation sites (N-methyl/N-ethyl adjacent to an activating group) is 1. The van der Waals surface area contributed by atoms with Crippen LogP contribution in [0.1, 0.15) is 29.8 Å². The fourth-order valence-corrected chi connectivity index (χ4v) is 3.28. The van der Waals surface area contributed by atoms with Crippen molar-refractivity contribution in [1.82, 2.24) is 29.9 Å². The van der Waals surface area contributed by atoms with Gasteiger partial charge in [-0.15, -0.1) is 0 Å². The van der Waals surface area contributed by atoms with Gasteiger partial charge in [0.05, 0.1) is 29.2 Å². The number of rotatable bonds is 7. The van der Waals surface area contributed by atoms with Gasteiger partial charge in [-0.3, -0.25) is 4.79 Å². The molecule has 2 heterocycles. The average Bonchev–Trinajstić information content (AvgIpc) is 3.27. The zero-order chi connectivity index (χ0) is 22.6. The minimum atomic E-state index is -4.50. The van der Waals surface area contributed by atoms with E-state index in [0.717, 1.165) is 4.47 Å². The lowest BCUT2D eigenvalue weighted by atomic mass is 10.1. The maximum Gasteiger partial charge on any atom is 0.419 e. The molecule has 0 fully saturated rings. The van der Waals surface area contributed by atoms with Gasteiger partial charge >= 0.3 is 6.18 Å². The Morgan fingerprint density at radius 3 is 2.45 bits per heavy atom. The van der Waals surface area contributed by atoms with Crippen molar-refractivity contribution in [3.05, 3.63) is 58.6 Å². The Labute approximate surface area is 184 Å². The molecule has 1 atom stereocenters. The molecular weight excluding hydrogens is 479 g/mol. The molecule has 0 aliphatic carbocycles. The molecule has 1 N–H and O–H groups in total. The molecule has 8 nitrogen and oxygen atoms in total. The zero-order valence-corrected chi connectivity index (χ0v) is 18.2. The highest BCUT2D eigenvalue weighted by atomic mass is 79.9. The number of benzene rings is 1. The Bertz CT molecular complexity index is 1030. The van der Waals surface area contributed by atoms with Crippen LogP contribution >= 0.6 is 15.9 Å². The van der Waals surface area contributed by atoms with Crippen LogP contribution in [0.5, 0.6) is 0 Å². The maximum atomic E-state index is 13.3. The second-order valence-electron chi connectivity index (χ2n) is 6.59. The minimum absolute atomic E-state index is 0.0484. The van der Waals surface area contributed by atoms with Crippen molar-refractivity contribution in [2.24, 2.45) is 0 Å². The topological polar surface area (TPSA) is 88.8 Å². The molecule has 0 unspecified atom stereocenters. The highest BCUT2D eigenvalue weighted by Crippen LogP contribution is 2.28. The molecule has 0 aliphatic heterocycles. The molecule has 0 bridgehead atoms. The minimum Gasteiger partial charge on any atom is -0.352 e. The summed E-state index contributed by atoms with van der Waals surface area (Å²) in [6, 6.07) is 4.92. The standard InChI is InChI=1S/C19H19BrF3N7O/c1-3-29(12(2)9-24-18-25-10-13(11-26-18)19(21,22)23)17(31)15-8-14(20)4-5-16(15)30-27-6-7-28-30/h4-8,10-12H,3,9H2,1-2H3,(H,24,25,26)/t12-/m0/s1. The summed E-state index contributed by atoms with van der Waals surface area (Å²) >= 11 is 3.39. The first-order valence-corrected chi connectivity index (χ1v) is 10.1. The first-order valence-electron chi connectivity index (χ1n) is 9.31. The van der Waals surface area contributed by atoms with E-state index in [1.165, 1.54) is 17.2 Å². The fraction of sp³-hybridized carbons (Fsp3) is 0.316. The van der Waals surface area contributed by atoms with E-state index in [4.69, 9.17) is 0 Å². The molecule has 1 amide bonds. The van der Waals surface area contributed by atoms with E-state index in [9.17, 15) is 18.0 Å². The largest absolute Gasteiger partial charge is 0.419 e. The summed E-state index contributed by atoms with van der Waals surface area (Å²) in [4.78, 5) is 23.7. The van der Waals surface area contributed by atoms with E-state index < -0.39 is 11.7 Å². The van der Waals surface area contributed by atoms with Gasteiger partial charge in [-0.05, 0) is 32.0 Å². The maximum absolute atomic E-state index is 13.3. The van der Waals surface area contributed by atoms with Gasteiger partial charge in [0, 0.05) is 36.0 Å². The molecule has 164 valence electrons. The number of alkyl halides is 3. The molecule has 31 heavy (non-hydrogen) atoms. The van der Waals surface area contributed by atoms with Crippen LogP contribution in [-0.2, 0) is 6.18 Å². The van der Waals surface area contributed by atoms with Crippen LogP contribution in [0.15, 0.2) is 47.5 Å². The molecule has 3 rings (SSSR count). The second-order valence-corrected chi connectivity index (χ2v) is 7.51. The van der Waals surface area contributed by atoms with Gasteiger partial charge in [-0.25, -0.2) is 9.97 Å². The van der Waals surface area contributed by atoms with E-state index in [0.29, 0.717) is 30.2 Å². The number of hydrogen-bond donors (Lipinski definition) is 1. The third-order valence-corrected chi connectivity index (χ3v) is 4.98. The molecule has 0 spiro atoms. The summed E-state index contributed by atoms with van der Waals surface area (Å²) in [6.45, 7) is 4.32. The van der Waals surface area contributed by atoms with Gasteiger partial charge in [0.2, 0.25) is 5.95 Å². The molecular formula is C19H19BrF3N7O. The average molecular weight is 498 g/mol. The predicted molar refractivity (Wildman–Crippen MR) is 111 cm³/mol. The van der Waals surface area contributed by atoms with E-state index in [1.54, 1.807) is 23.1 Å². The summed E-state index contributed by atoms with van der Waals surface area (Å²) in [5.41, 5.74) is 0.0128. The van der Waals surface area contributed by atoms with Gasteiger partial charge < -0.3 is 10.2 Å². The third kappa shape index (κ3) is 5.37. The molecule has 3 aromatic rings. The van der Waals surface area contributed by atoms with Crippen molar-refractivity contribution < 1.29 is 18.0 Å². The summed E-state index contributed by atoms with van der Waals surface area (Å²) in [5, 5.41) is 11.1. The van der Waals surface area contributed by atoms with E-state index in [-0.39, 0.29) is 24.4 Å². The Balaban J connectivity index is 1.74. The monoisotopic (exact) mass is 497 g/mol. The highest BCUT2D eigenvalue weighted by Gasteiger charge is 2.31. The summed E-state index contributed by atoms with van der Waals surface area (Å²) in [7, 11) is 0. The Hall–Kier alpha value is -3.02. The van der Waals surface area contributed by atoms with Crippen molar-refractivity contribution in [2.45, 2.75) is 26.1 Å². The molecule has 0 saturated carbocycles. The number of aromatic nitrogens is 5. The second kappa shape index (κ2) is 9.41. The van der Waals surface area contributed by atoms with E-state index >= 15 is 0 Å². The summed E-state index contributed by atoms with van der Waals surface area (Å²) < 4.78 is 38.6. The van der Waals surface area contributed by atoms with Crippen molar-refractivity contribution >= 4 is 27.8 Å². The Morgan fingerprint density at radius 1 is 1.23 bits per heavy atom. The lowest BCUT2D eigenvalue weighted by molar-refractivity contribution is -0.138. The van der Waals surface area contributed by atoms with Crippen LogP contribution in [0.3, 0.4) is 0 Å². The van der Waals surface area contributed by atoms with Crippen LogP contribution in [-0.4, -0.2) is 54.9 Å². The third-order valence-electron chi connectivity index (χ3n) is 4.49. The number of amides is 1. The number of carbonyl (C=O) groups is 1. The molecule has 12 heteroatoms. The zero-order valence-electron chi connectivity index (χ0n) is 16.6. The van der Waals surface area contributed by atoms with Gasteiger partial charge in [0.15, 0.2) is 0 Å². The van der Waals surface area contributed by atoms with Gasteiger partial charge in [-0.2, -0.15) is 28.2 Å². The van der Waals surface area contributed by atoms with Crippen LogP contribution in [0, 0.1) is 0 Å². The molecule has 0 radical (unpaired) electrons. The first-order chi connectivity index (χ1) is 14.7. The van der Waals surface area contributed by atoms with Gasteiger partial charge in [-0.1, -0.05) is 15.9 Å². The summed E-state index contributed by atoms with van der Waals surface area (Å²) in [5.74, 6) is -0.189. The number of carbonyl (C=O) groups excluding carboxylic acids is 1. The molecule has 0 aliphatic rings. The van der Waals surface area contributed by atoms with Gasteiger partial charge in [0.1, 0.15) is 0 Å². The van der Waals surface area contributed by atoms with E-state index in [1.807, 2.05) is 13.8 Å². The first kappa shape index (κ1) is 22.7. The normalized spacial score (nSPS) is 12.5. The Morgan fingerprint density at radius 2 is 1.87 bits per heavy atom. The van der Waals surface area contributed by atoms with Crippen molar-refractivity contribution in [3.8, 4) is 5.69 Å². The number of anilines is 1. The lowest BCUT2D eigenvalue weighted by Gasteiger charge is -2.29. The Kier molecular flexibility index (Phi) is 6.88. The van der Waals surface area contributed by atoms with Crippen LogP contribution < -0.4 is 5.32 Å².